The zero-order chi connectivity index (χ0) is 16.0. The van der Waals surface area contributed by atoms with Gasteiger partial charge in [0.15, 0.2) is 5.78 Å². The molecule has 1 aromatic carbocycles. The number of hydrogen-bond acceptors (Lipinski definition) is 2. The highest BCUT2D eigenvalue weighted by Crippen LogP contribution is 2.15. The average molecular weight is 325 g/mol. The highest BCUT2D eigenvalue weighted by atomic mass is 35.5. The first-order valence-electron chi connectivity index (χ1n) is 8.53. The summed E-state index contributed by atoms with van der Waals surface area (Å²) in [4.78, 5) is 12.2. The van der Waals surface area contributed by atoms with Crippen molar-refractivity contribution in [3.05, 3.63) is 35.9 Å². The van der Waals surface area contributed by atoms with Crippen LogP contribution in [0, 0.1) is 0 Å². The van der Waals surface area contributed by atoms with E-state index in [0.29, 0.717) is 18.9 Å². The molecule has 0 bridgehead atoms. The lowest BCUT2D eigenvalue weighted by atomic mass is 10.0. The molecule has 124 valence electrons. The maximum Gasteiger partial charge on any atom is 0.162 e. The lowest BCUT2D eigenvalue weighted by Crippen LogP contribution is -2.16. The van der Waals surface area contributed by atoms with Crippen LogP contribution in [0.3, 0.4) is 0 Å². The van der Waals surface area contributed by atoms with Crippen LogP contribution in [0.25, 0.3) is 0 Å². The maximum atomic E-state index is 12.2. The van der Waals surface area contributed by atoms with Crippen LogP contribution in [0.2, 0.25) is 0 Å². The number of unbranched alkanes of at least 4 members (excludes halogenated alkanes) is 4. The molecule has 0 saturated carbocycles. The molecule has 0 aliphatic heterocycles. The summed E-state index contributed by atoms with van der Waals surface area (Å²) in [6, 6.07) is 9.49. The third kappa shape index (κ3) is 8.55. The lowest BCUT2D eigenvalue weighted by molar-refractivity contribution is 0.0473. The number of rotatable bonds is 13. The molecule has 1 aromatic rings. The normalized spacial score (nSPS) is 12.3. The minimum Gasteiger partial charge on any atom is -0.377 e. The van der Waals surface area contributed by atoms with Gasteiger partial charge in [0.25, 0.3) is 0 Å². The molecule has 0 N–H and O–H groups in total. The summed E-state index contributed by atoms with van der Waals surface area (Å²) >= 11 is 5.71. The number of Topliss-reactive ketones (excluding diaryl/α,β-unsaturated/α-hetero) is 1. The van der Waals surface area contributed by atoms with Gasteiger partial charge < -0.3 is 4.74 Å². The van der Waals surface area contributed by atoms with Gasteiger partial charge in [-0.2, -0.15) is 0 Å². The van der Waals surface area contributed by atoms with Gasteiger partial charge in [-0.15, -0.1) is 11.6 Å². The standard InChI is InChI=1S/C19H29ClO2/c1-2-3-4-5-9-12-18(22-16-15-20)13-14-19(21)17-10-7-6-8-11-17/h6-8,10-11,18H,2-5,9,12-16H2,1H3. The zero-order valence-corrected chi connectivity index (χ0v) is 14.5. The van der Waals surface area contributed by atoms with Crippen molar-refractivity contribution in [3.63, 3.8) is 0 Å². The second-order valence-corrected chi connectivity index (χ2v) is 6.09. The van der Waals surface area contributed by atoms with E-state index in [9.17, 15) is 4.79 Å². The minimum atomic E-state index is 0.160. The summed E-state index contributed by atoms with van der Waals surface area (Å²) in [6.45, 7) is 2.79. The van der Waals surface area contributed by atoms with Crippen molar-refractivity contribution in [2.45, 2.75) is 64.4 Å². The summed E-state index contributed by atoms with van der Waals surface area (Å²) in [7, 11) is 0. The van der Waals surface area contributed by atoms with Gasteiger partial charge in [0.2, 0.25) is 0 Å². The Morgan fingerprint density at radius 1 is 1.09 bits per heavy atom. The van der Waals surface area contributed by atoms with Gasteiger partial charge in [0.1, 0.15) is 0 Å². The number of benzene rings is 1. The van der Waals surface area contributed by atoms with Crippen LogP contribution in [-0.2, 0) is 4.74 Å². The molecule has 0 amide bonds. The van der Waals surface area contributed by atoms with Crippen molar-refractivity contribution in [1.29, 1.82) is 0 Å². The smallest absolute Gasteiger partial charge is 0.162 e. The van der Waals surface area contributed by atoms with Crippen molar-refractivity contribution >= 4 is 17.4 Å². The second-order valence-electron chi connectivity index (χ2n) is 5.71. The Kier molecular flexibility index (Phi) is 11.0. The SMILES string of the molecule is CCCCCCCC(CCC(=O)c1ccccc1)OCCCl. The van der Waals surface area contributed by atoms with Gasteiger partial charge in [-0.1, -0.05) is 69.4 Å². The van der Waals surface area contributed by atoms with Crippen molar-refractivity contribution in [2.24, 2.45) is 0 Å². The number of carbonyl (C=O) groups excluding carboxylic acids is 1. The molecule has 0 saturated heterocycles. The third-order valence-electron chi connectivity index (χ3n) is 3.85. The fourth-order valence-corrected chi connectivity index (χ4v) is 2.65. The number of alkyl halides is 1. The lowest BCUT2D eigenvalue weighted by Gasteiger charge is -2.17. The van der Waals surface area contributed by atoms with Crippen LogP contribution in [-0.4, -0.2) is 24.4 Å². The summed E-state index contributed by atoms with van der Waals surface area (Å²) in [5.74, 6) is 0.713. The van der Waals surface area contributed by atoms with E-state index in [2.05, 4.69) is 6.92 Å². The molecule has 0 aromatic heterocycles. The fourth-order valence-electron chi connectivity index (χ4n) is 2.56. The molecule has 1 unspecified atom stereocenters. The van der Waals surface area contributed by atoms with E-state index in [-0.39, 0.29) is 11.9 Å². The van der Waals surface area contributed by atoms with E-state index in [1.165, 1.54) is 32.1 Å². The molecular formula is C19H29ClO2. The highest BCUT2D eigenvalue weighted by molar-refractivity contribution is 6.17. The molecule has 3 heteroatoms. The predicted molar refractivity (Wildman–Crippen MR) is 93.8 cm³/mol. The van der Waals surface area contributed by atoms with Gasteiger partial charge in [-0.05, 0) is 12.8 Å². The van der Waals surface area contributed by atoms with Gasteiger partial charge in [0.05, 0.1) is 12.7 Å². The van der Waals surface area contributed by atoms with Gasteiger partial charge >= 0.3 is 0 Å². The molecule has 0 heterocycles. The Labute approximate surface area is 140 Å². The predicted octanol–water partition coefficient (Wildman–Crippen LogP) is 5.63. The summed E-state index contributed by atoms with van der Waals surface area (Å²) in [5, 5.41) is 0. The molecule has 22 heavy (non-hydrogen) atoms. The van der Waals surface area contributed by atoms with Crippen molar-refractivity contribution < 1.29 is 9.53 Å². The zero-order valence-electron chi connectivity index (χ0n) is 13.7. The molecule has 1 atom stereocenters. The summed E-state index contributed by atoms with van der Waals surface area (Å²) in [5.41, 5.74) is 0.793. The van der Waals surface area contributed by atoms with E-state index in [4.69, 9.17) is 16.3 Å². The molecule has 1 rings (SSSR count). The number of ether oxygens (including phenoxy) is 1. The van der Waals surface area contributed by atoms with Crippen molar-refractivity contribution in [2.75, 3.05) is 12.5 Å². The monoisotopic (exact) mass is 324 g/mol. The van der Waals surface area contributed by atoms with Crippen LogP contribution in [0.15, 0.2) is 30.3 Å². The Morgan fingerprint density at radius 2 is 1.82 bits per heavy atom. The first-order chi connectivity index (χ1) is 10.8. The van der Waals surface area contributed by atoms with Crippen molar-refractivity contribution in [3.8, 4) is 0 Å². The van der Waals surface area contributed by atoms with E-state index in [1.807, 2.05) is 30.3 Å². The topological polar surface area (TPSA) is 26.3 Å². The number of halogens is 1. The summed E-state index contributed by atoms with van der Waals surface area (Å²) < 4.78 is 5.80. The summed E-state index contributed by atoms with van der Waals surface area (Å²) in [6.07, 6.45) is 8.81. The van der Waals surface area contributed by atoms with Crippen molar-refractivity contribution in [1.82, 2.24) is 0 Å². The van der Waals surface area contributed by atoms with E-state index >= 15 is 0 Å². The van der Waals surface area contributed by atoms with Crippen LogP contribution < -0.4 is 0 Å². The van der Waals surface area contributed by atoms with Crippen LogP contribution in [0.1, 0.15) is 68.6 Å². The Balaban J connectivity index is 2.32. The largest absolute Gasteiger partial charge is 0.377 e. The molecule has 0 aliphatic rings. The number of carbonyl (C=O) groups is 1. The quantitative estimate of drug-likeness (QED) is 0.267. The third-order valence-corrected chi connectivity index (χ3v) is 4.00. The maximum absolute atomic E-state index is 12.2. The average Bonchev–Trinajstić information content (AvgIpc) is 2.57. The first-order valence-corrected chi connectivity index (χ1v) is 9.07. The Morgan fingerprint density at radius 3 is 2.50 bits per heavy atom. The fraction of sp³-hybridized carbons (Fsp3) is 0.632. The molecule has 0 fully saturated rings. The molecule has 0 spiro atoms. The molecule has 0 aliphatic carbocycles. The van der Waals surface area contributed by atoms with Crippen LogP contribution in [0.5, 0.6) is 0 Å². The number of hydrogen-bond donors (Lipinski definition) is 0. The van der Waals surface area contributed by atoms with E-state index in [0.717, 1.165) is 18.4 Å². The van der Waals surface area contributed by atoms with Gasteiger partial charge in [-0.3, -0.25) is 4.79 Å². The Bertz CT molecular complexity index is 392. The number of ketones is 1. The molecular weight excluding hydrogens is 296 g/mol. The van der Waals surface area contributed by atoms with Crippen LogP contribution in [0.4, 0.5) is 0 Å². The van der Waals surface area contributed by atoms with E-state index in [1.54, 1.807) is 0 Å². The van der Waals surface area contributed by atoms with Gasteiger partial charge in [0, 0.05) is 17.9 Å². The second kappa shape index (κ2) is 12.7. The van der Waals surface area contributed by atoms with E-state index < -0.39 is 0 Å². The van der Waals surface area contributed by atoms with Gasteiger partial charge in [-0.25, -0.2) is 0 Å². The molecule has 2 nitrogen and oxygen atoms in total. The Hall–Kier alpha value is -0.860. The highest BCUT2D eigenvalue weighted by Gasteiger charge is 2.13. The first kappa shape index (κ1) is 19.2. The van der Waals surface area contributed by atoms with Crippen LogP contribution >= 0.6 is 11.6 Å². The molecule has 0 radical (unpaired) electrons. The minimum absolute atomic E-state index is 0.160.